The molecule has 1 aromatic carbocycles. The fraction of sp³-hybridized carbons (Fsp3) is 0.529. The van der Waals surface area contributed by atoms with Gasteiger partial charge in [-0.3, -0.25) is 0 Å². The predicted molar refractivity (Wildman–Crippen MR) is 85.9 cm³/mol. The van der Waals surface area contributed by atoms with Crippen molar-refractivity contribution in [3.05, 3.63) is 30.3 Å². The average molecular weight is 274 g/mol. The van der Waals surface area contributed by atoms with Crippen molar-refractivity contribution in [2.24, 2.45) is 11.8 Å². The van der Waals surface area contributed by atoms with E-state index < -0.39 is 13.9 Å². The largest absolute Gasteiger partial charge is 0.396 e. The highest BCUT2D eigenvalue weighted by molar-refractivity contribution is 6.84. The van der Waals surface area contributed by atoms with Crippen LogP contribution in [0, 0.1) is 24.2 Å². The van der Waals surface area contributed by atoms with Gasteiger partial charge in [0.05, 0.1) is 0 Å². The third kappa shape index (κ3) is 3.29. The Morgan fingerprint density at radius 1 is 1.05 bits per heavy atom. The molecular weight excluding hydrogens is 248 g/mol. The minimum atomic E-state index is -2.00. The van der Waals surface area contributed by atoms with E-state index in [1.165, 1.54) is 5.19 Å². The Balaban J connectivity index is 3.14. The van der Waals surface area contributed by atoms with Crippen molar-refractivity contribution in [1.29, 1.82) is 0 Å². The average Bonchev–Trinajstić information content (AvgIpc) is 2.36. The first-order valence-electron chi connectivity index (χ1n) is 6.99. The minimum Gasteiger partial charge on any atom is -0.396 e. The quantitative estimate of drug-likeness (QED) is 0.586. The zero-order valence-corrected chi connectivity index (χ0v) is 14.0. The first-order valence-corrected chi connectivity index (χ1v) is 9.90. The van der Waals surface area contributed by atoms with Crippen LogP contribution in [0.1, 0.15) is 27.7 Å². The van der Waals surface area contributed by atoms with Crippen LogP contribution in [0.5, 0.6) is 0 Å². The van der Waals surface area contributed by atoms with Gasteiger partial charge < -0.3 is 4.43 Å². The molecular formula is C17H26OSi. The molecule has 1 nitrogen and oxygen atoms in total. The van der Waals surface area contributed by atoms with E-state index in [2.05, 4.69) is 71.0 Å². The van der Waals surface area contributed by atoms with E-state index >= 15 is 0 Å². The summed E-state index contributed by atoms with van der Waals surface area (Å²) < 4.78 is 6.59. The van der Waals surface area contributed by atoms with Crippen molar-refractivity contribution >= 4 is 13.5 Å². The highest BCUT2D eigenvalue weighted by Crippen LogP contribution is 2.32. The van der Waals surface area contributed by atoms with Crippen molar-refractivity contribution in [3.63, 3.8) is 0 Å². The Bertz CT molecular complexity index is 432. The molecule has 0 saturated heterocycles. The molecule has 0 amide bonds. The van der Waals surface area contributed by atoms with Gasteiger partial charge in [0.1, 0.15) is 5.60 Å². The van der Waals surface area contributed by atoms with Crippen LogP contribution in [0.15, 0.2) is 30.3 Å². The summed E-state index contributed by atoms with van der Waals surface area (Å²) in [6.45, 7) is 13.0. The molecule has 0 aromatic heterocycles. The highest BCUT2D eigenvalue weighted by Gasteiger charge is 2.42. The van der Waals surface area contributed by atoms with Gasteiger partial charge in [0.15, 0.2) is 0 Å². The summed E-state index contributed by atoms with van der Waals surface area (Å²) in [5.41, 5.74) is -0.481. The second-order valence-corrected chi connectivity index (χ2v) is 10.0. The summed E-state index contributed by atoms with van der Waals surface area (Å²) in [4.78, 5) is 0. The maximum atomic E-state index is 6.59. The Labute approximate surface area is 119 Å². The van der Waals surface area contributed by atoms with Crippen molar-refractivity contribution in [1.82, 2.24) is 0 Å². The normalized spacial score (nSPS) is 12.8. The summed E-state index contributed by atoms with van der Waals surface area (Å²) in [5.74, 6) is 3.55. The van der Waals surface area contributed by atoms with Gasteiger partial charge in [0.25, 0.3) is 0 Å². The third-order valence-corrected chi connectivity index (χ3v) is 6.41. The Morgan fingerprint density at radius 2 is 1.53 bits per heavy atom. The number of terminal acetylenes is 1. The van der Waals surface area contributed by atoms with Gasteiger partial charge in [0.2, 0.25) is 8.32 Å². The first-order chi connectivity index (χ1) is 8.76. The van der Waals surface area contributed by atoms with Crippen LogP contribution in [0.25, 0.3) is 0 Å². The van der Waals surface area contributed by atoms with E-state index in [9.17, 15) is 0 Å². The molecule has 0 heterocycles. The zero-order valence-electron chi connectivity index (χ0n) is 13.0. The van der Waals surface area contributed by atoms with Crippen LogP contribution < -0.4 is 5.19 Å². The van der Waals surface area contributed by atoms with Crippen LogP contribution in [0.3, 0.4) is 0 Å². The van der Waals surface area contributed by atoms with E-state index in [4.69, 9.17) is 10.8 Å². The first kappa shape index (κ1) is 16.0. The van der Waals surface area contributed by atoms with Crippen molar-refractivity contribution < 1.29 is 4.43 Å². The SMILES string of the molecule is C#CC(O[Si](C)(C)c1ccccc1)(C(C)C)C(C)C. The Morgan fingerprint density at radius 3 is 1.89 bits per heavy atom. The highest BCUT2D eigenvalue weighted by atomic mass is 28.4. The number of hydrogen-bond donors (Lipinski definition) is 0. The molecule has 0 aliphatic heterocycles. The second kappa shape index (κ2) is 5.94. The molecule has 1 rings (SSSR count). The van der Waals surface area contributed by atoms with Crippen LogP contribution in [0.4, 0.5) is 0 Å². The van der Waals surface area contributed by atoms with Crippen molar-refractivity contribution in [2.75, 3.05) is 0 Å². The summed E-state index contributed by atoms with van der Waals surface area (Å²) >= 11 is 0. The van der Waals surface area contributed by atoms with Crippen molar-refractivity contribution in [3.8, 4) is 12.3 Å². The maximum Gasteiger partial charge on any atom is 0.220 e. The molecule has 0 atom stereocenters. The molecule has 2 heteroatoms. The van der Waals surface area contributed by atoms with Gasteiger partial charge >= 0.3 is 0 Å². The van der Waals surface area contributed by atoms with Gasteiger partial charge in [-0.1, -0.05) is 63.9 Å². The van der Waals surface area contributed by atoms with Crippen LogP contribution in [0.2, 0.25) is 13.1 Å². The molecule has 0 fully saturated rings. The zero-order chi connectivity index (χ0) is 14.7. The van der Waals surface area contributed by atoms with Crippen LogP contribution >= 0.6 is 0 Å². The van der Waals surface area contributed by atoms with E-state index in [0.717, 1.165) is 0 Å². The molecule has 0 saturated carbocycles. The van der Waals surface area contributed by atoms with E-state index in [1.54, 1.807) is 0 Å². The van der Waals surface area contributed by atoms with E-state index in [1.807, 2.05) is 6.07 Å². The predicted octanol–water partition coefficient (Wildman–Crippen LogP) is 3.80. The summed E-state index contributed by atoms with van der Waals surface area (Å²) in [7, 11) is -2.00. The molecule has 0 spiro atoms. The Hall–Kier alpha value is -1.04. The Kier molecular flexibility index (Phi) is 5.01. The lowest BCUT2D eigenvalue weighted by Gasteiger charge is -2.42. The number of rotatable bonds is 5. The molecule has 0 unspecified atom stereocenters. The standard InChI is InChI=1S/C17H26OSi/c1-8-17(14(2)3,15(4)5)18-19(6,7)16-12-10-9-11-13-16/h1,9-15H,2-7H3. The van der Waals surface area contributed by atoms with Gasteiger partial charge in [-0.15, -0.1) is 6.42 Å². The summed E-state index contributed by atoms with van der Waals surface area (Å²) in [5, 5.41) is 1.29. The fourth-order valence-electron chi connectivity index (χ4n) is 2.59. The minimum absolute atomic E-state index is 0.299. The second-order valence-electron chi connectivity index (χ2n) is 6.23. The number of hydrogen-bond acceptors (Lipinski definition) is 1. The van der Waals surface area contributed by atoms with Gasteiger partial charge in [-0.05, 0) is 30.1 Å². The topological polar surface area (TPSA) is 9.23 Å². The summed E-state index contributed by atoms with van der Waals surface area (Å²) in [6.07, 6.45) is 5.84. The molecule has 104 valence electrons. The van der Waals surface area contributed by atoms with Crippen LogP contribution in [-0.4, -0.2) is 13.9 Å². The van der Waals surface area contributed by atoms with E-state index in [0.29, 0.717) is 11.8 Å². The molecule has 0 N–H and O–H groups in total. The van der Waals surface area contributed by atoms with E-state index in [-0.39, 0.29) is 0 Å². The van der Waals surface area contributed by atoms with Crippen molar-refractivity contribution in [2.45, 2.75) is 46.4 Å². The smallest absolute Gasteiger partial charge is 0.220 e. The monoisotopic (exact) mass is 274 g/mol. The molecule has 19 heavy (non-hydrogen) atoms. The van der Waals surface area contributed by atoms with Gasteiger partial charge in [-0.25, -0.2) is 0 Å². The molecule has 1 aromatic rings. The number of benzene rings is 1. The maximum absolute atomic E-state index is 6.59. The molecule has 0 bridgehead atoms. The van der Waals surface area contributed by atoms with Crippen LogP contribution in [-0.2, 0) is 4.43 Å². The molecule has 0 radical (unpaired) electrons. The lowest BCUT2D eigenvalue weighted by atomic mass is 9.81. The third-order valence-electron chi connectivity index (χ3n) is 3.83. The molecule has 0 aliphatic rings. The van der Waals surface area contributed by atoms with Gasteiger partial charge in [0, 0.05) is 0 Å². The lowest BCUT2D eigenvalue weighted by Crippen LogP contribution is -2.56. The lowest BCUT2D eigenvalue weighted by molar-refractivity contribution is 0.0294. The molecule has 0 aliphatic carbocycles. The summed E-state index contributed by atoms with van der Waals surface area (Å²) in [6, 6.07) is 10.5. The van der Waals surface area contributed by atoms with Gasteiger partial charge in [-0.2, -0.15) is 0 Å². The fourth-order valence-corrected chi connectivity index (χ4v) is 5.07.